The number of rotatable bonds is 9. The second-order valence-electron chi connectivity index (χ2n) is 8.19. The summed E-state index contributed by atoms with van der Waals surface area (Å²) in [6, 6.07) is 18.3. The molecule has 0 aliphatic heterocycles. The van der Waals surface area contributed by atoms with E-state index in [4.69, 9.17) is 0 Å². The third kappa shape index (κ3) is 7.11. The van der Waals surface area contributed by atoms with Gasteiger partial charge in [0, 0.05) is 18.8 Å². The second kappa shape index (κ2) is 11.0. The summed E-state index contributed by atoms with van der Waals surface area (Å²) in [6.45, 7) is 4.04. The zero-order chi connectivity index (χ0) is 25.6. The average molecular weight is 493 g/mol. The molecule has 0 fully saturated rings. The molecule has 3 aromatic carbocycles. The highest BCUT2D eigenvalue weighted by atomic mass is 19.4. The molecule has 0 aliphatic carbocycles. The molecule has 0 bridgehead atoms. The van der Waals surface area contributed by atoms with Gasteiger partial charge in [0.2, 0.25) is 0 Å². The molecule has 3 aromatic rings. The molecule has 2 unspecified atom stereocenters. The van der Waals surface area contributed by atoms with Gasteiger partial charge in [-0.15, -0.1) is 0 Å². The molecule has 0 radical (unpaired) electrons. The fraction of sp³-hybridized carbons (Fsp3) is 0.259. The van der Waals surface area contributed by atoms with Crippen molar-refractivity contribution in [1.29, 1.82) is 0 Å². The van der Waals surface area contributed by atoms with Crippen LogP contribution < -0.4 is 10.6 Å². The molecule has 0 saturated carbocycles. The molecule has 0 heterocycles. The molecule has 186 valence electrons. The molecular weight excluding hydrogens is 466 g/mol. The predicted molar refractivity (Wildman–Crippen MR) is 124 cm³/mol. The molecule has 0 spiro atoms. The average Bonchev–Trinajstić information content (AvgIpc) is 2.83. The number of alkyl halides is 6. The lowest BCUT2D eigenvalue weighted by atomic mass is 9.94. The van der Waals surface area contributed by atoms with E-state index in [2.05, 4.69) is 17.2 Å². The van der Waals surface area contributed by atoms with Crippen LogP contribution in [0.15, 0.2) is 91.1 Å². The highest BCUT2D eigenvalue weighted by Crippen LogP contribution is 2.34. The zero-order valence-corrected chi connectivity index (χ0v) is 19.0. The monoisotopic (exact) mass is 492 g/mol. The number of hydrogen-bond donors (Lipinski definition) is 2. The summed E-state index contributed by atoms with van der Waals surface area (Å²) < 4.78 is 78.8. The third-order valence-corrected chi connectivity index (χ3v) is 5.79. The zero-order valence-electron chi connectivity index (χ0n) is 19.0. The Morgan fingerprint density at radius 3 is 1.94 bits per heavy atom. The molecular formula is C27H26F6N2. The SMILES string of the molecule is C=C(NC)C(NC(CCc1ccc(C(F)(F)F)cc1)c1cccc(C(F)(F)F)c1)c1ccccc1. The van der Waals surface area contributed by atoms with E-state index in [1.54, 1.807) is 13.1 Å². The van der Waals surface area contributed by atoms with Gasteiger partial charge in [-0.1, -0.05) is 61.2 Å². The van der Waals surface area contributed by atoms with Crippen molar-refractivity contribution in [3.8, 4) is 0 Å². The molecule has 0 amide bonds. The summed E-state index contributed by atoms with van der Waals surface area (Å²) in [4.78, 5) is 0. The first-order valence-electron chi connectivity index (χ1n) is 11.0. The lowest BCUT2D eigenvalue weighted by molar-refractivity contribution is -0.138. The van der Waals surface area contributed by atoms with Gasteiger partial charge < -0.3 is 5.32 Å². The smallest absolute Gasteiger partial charge is 0.390 e. The van der Waals surface area contributed by atoms with Crippen molar-refractivity contribution in [1.82, 2.24) is 10.6 Å². The summed E-state index contributed by atoms with van der Waals surface area (Å²) in [5.41, 5.74) is 1.07. The number of hydrogen-bond acceptors (Lipinski definition) is 2. The van der Waals surface area contributed by atoms with Crippen LogP contribution in [0.3, 0.4) is 0 Å². The Morgan fingerprint density at radius 2 is 1.37 bits per heavy atom. The maximum absolute atomic E-state index is 13.4. The van der Waals surface area contributed by atoms with Gasteiger partial charge in [0.15, 0.2) is 0 Å². The van der Waals surface area contributed by atoms with Crippen LogP contribution >= 0.6 is 0 Å². The number of halogens is 6. The van der Waals surface area contributed by atoms with E-state index in [1.807, 2.05) is 30.3 Å². The van der Waals surface area contributed by atoms with E-state index in [0.29, 0.717) is 29.7 Å². The van der Waals surface area contributed by atoms with Gasteiger partial charge in [0.05, 0.1) is 17.2 Å². The van der Waals surface area contributed by atoms with E-state index >= 15 is 0 Å². The molecule has 3 rings (SSSR count). The normalized spacial score (nSPS) is 13.8. The first kappa shape index (κ1) is 26.3. The fourth-order valence-corrected chi connectivity index (χ4v) is 3.84. The Balaban J connectivity index is 1.92. The Labute approximate surface area is 200 Å². The summed E-state index contributed by atoms with van der Waals surface area (Å²) in [6.07, 6.45) is -8.22. The number of aryl methyl sites for hydroxylation is 1. The van der Waals surface area contributed by atoms with Crippen LogP contribution in [0, 0.1) is 0 Å². The summed E-state index contributed by atoms with van der Waals surface area (Å²) in [7, 11) is 1.71. The number of nitrogens with one attached hydrogen (secondary N) is 2. The Kier molecular flexibility index (Phi) is 8.27. The van der Waals surface area contributed by atoms with Crippen molar-refractivity contribution in [2.24, 2.45) is 0 Å². The molecule has 2 atom stereocenters. The number of benzene rings is 3. The minimum atomic E-state index is -4.50. The Bertz CT molecular complexity index is 1110. The molecule has 0 saturated heterocycles. The lowest BCUT2D eigenvalue weighted by Gasteiger charge is -2.28. The molecule has 0 aromatic heterocycles. The summed E-state index contributed by atoms with van der Waals surface area (Å²) >= 11 is 0. The van der Waals surface area contributed by atoms with Gasteiger partial charge in [-0.3, -0.25) is 5.32 Å². The van der Waals surface area contributed by atoms with Crippen molar-refractivity contribution >= 4 is 0 Å². The number of likely N-dealkylation sites (N-methyl/N-ethyl adjacent to an activating group) is 1. The van der Waals surface area contributed by atoms with Crippen LogP contribution in [0.4, 0.5) is 26.3 Å². The molecule has 8 heteroatoms. The predicted octanol–water partition coefficient (Wildman–Crippen LogP) is 7.46. The maximum atomic E-state index is 13.4. The first-order valence-corrected chi connectivity index (χ1v) is 11.0. The van der Waals surface area contributed by atoms with Crippen molar-refractivity contribution in [2.75, 3.05) is 7.05 Å². The quantitative estimate of drug-likeness (QED) is 0.303. The second-order valence-corrected chi connectivity index (χ2v) is 8.19. The van der Waals surface area contributed by atoms with Gasteiger partial charge >= 0.3 is 12.4 Å². The van der Waals surface area contributed by atoms with E-state index in [1.165, 1.54) is 18.2 Å². The summed E-state index contributed by atoms with van der Waals surface area (Å²) in [5.74, 6) is 0. The first-order chi connectivity index (χ1) is 16.5. The van der Waals surface area contributed by atoms with Gasteiger partial charge in [-0.25, -0.2) is 0 Å². The van der Waals surface area contributed by atoms with E-state index < -0.39 is 35.6 Å². The highest BCUT2D eigenvalue weighted by Gasteiger charge is 2.32. The van der Waals surface area contributed by atoms with Gasteiger partial charge in [-0.05, 0) is 53.8 Å². The largest absolute Gasteiger partial charge is 0.416 e. The lowest BCUT2D eigenvalue weighted by Crippen LogP contribution is -2.31. The molecule has 2 nitrogen and oxygen atoms in total. The van der Waals surface area contributed by atoms with Crippen LogP contribution in [0.1, 0.15) is 46.3 Å². The standard InChI is InChI=1S/C27H26F6N2/c1-18(34-2)25(20-7-4-3-5-8-20)35-24(21-9-6-10-23(17-21)27(31,32)33)16-13-19-11-14-22(15-12-19)26(28,29)30/h3-12,14-15,17,24-25,34-35H,1,13,16H2,2H3. The Morgan fingerprint density at radius 1 is 0.771 bits per heavy atom. The third-order valence-electron chi connectivity index (χ3n) is 5.79. The van der Waals surface area contributed by atoms with Crippen molar-refractivity contribution < 1.29 is 26.3 Å². The van der Waals surface area contributed by atoms with Crippen LogP contribution in [0.2, 0.25) is 0 Å². The maximum Gasteiger partial charge on any atom is 0.416 e. The minimum absolute atomic E-state index is 0.354. The van der Waals surface area contributed by atoms with E-state index in [-0.39, 0.29) is 0 Å². The molecule has 2 N–H and O–H groups in total. The minimum Gasteiger partial charge on any atom is -0.390 e. The van der Waals surface area contributed by atoms with Crippen LogP contribution in [-0.4, -0.2) is 7.05 Å². The molecule has 35 heavy (non-hydrogen) atoms. The summed E-state index contributed by atoms with van der Waals surface area (Å²) in [5, 5.41) is 6.42. The van der Waals surface area contributed by atoms with Gasteiger partial charge in [-0.2, -0.15) is 26.3 Å². The topological polar surface area (TPSA) is 24.1 Å². The fourth-order valence-electron chi connectivity index (χ4n) is 3.84. The van der Waals surface area contributed by atoms with Crippen molar-refractivity contribution in [3.05, 3.63) is 119 Å². The van der Waals surface area contributed by atoms with Crippen molar-refractivity contribution in [2.45, 2.75) is 37.3 Å². The van der Waals surface area contributed by atoms with Gasteiger partial charge in [0.25, 0.3) is 0 Å². The van der Waals surface area contributed by atoms with Crippen molar-refractivity contribution in [3.63, 3.8) is 0 Å². The van der Waals surface area contributed by atoms with Crippen LogP contribution in [-0.2, 0) is 18.8 Å². The van der Waals surface area contributed by atoms with Crippen LogP contribution in [0.25, 0.3) is 0 Å². The van der Waals surface area contributed by atoms with E-state index in [0.717, 1.165) is 29.8 Å². The Hall–Kier alpha value is -3.26. The highest BCUT2D eigenvalue weighted by molar-refractivity contribution is 5.32. The van der Waals surface area contributed by atoms with Crippen LogP contribution in [0.5, 0.6) is 0 Å². The van der Waals surface area contributed by atoms with Gasteiger partial charge in [0.1, 0.15) is 0 Å². The van der Waals surface area contributed by atoms with E-state index in [9.17, 15) is 26.3 Å². The molecule has 0 aliphatic rings.